The van der Waals surface area contributed by atoms with Gasteiger partial charge in [0.05, 0.1) is 12.2 Å². The van der Waals surface area contributed by atoms with E-state index in [9.17, 15) is 4.79 Å². The SMILES string of the molecule is Cc1ccc(-n2nnnc2CNC(=O)COc2ccc3ccccc3c2)cc1. The first-order valence-corrected chi connectivity index (χ1v) is 8.92. The topological polar surface area (TPSA) is 81.9 Å². The van der Waals surface area contributed by atoms with Crippen molar-refractivity contribution in [2.75, 3.05) is 6.61 Å². The van der Waals surface area contributed by atoms with Crippen molar-refractivity contribution in [2.24, 2.45) is 0 Å². The van der Waals surface area contributed by atoms with Gasteiger partial charge in [0, 0.05) is 0 Å². The number of carbonyl (C=O) groups excluding carboxylic acids is 1. The zero-order chi connectivity index (χ0) is 19.3. The molecule has 1 heterocycles. The highest BCUT2D eigenvalue weighted by Gasteiger charge is 2.10. The monoisotopic (exact) mass is 373 g/mol. The molecule has 0 aliphatic rings. The number of carbonyl (C=O) groups is 1. The molecule has 1 N–H and O–H groups in total. The molecule has 0 aliphatic heterocycles. The van der Waals surface area contributed by atoms with Crippen LogP contribution in [-0.4, -0.2) is 32.7 Å². The summed E-state index contributed by atoms with van der Waals surface area (Å²) in [6, 6.07) is 21.6. The Kier molecular flexibility index (Phi) is 4.97. The molecular formula is C21H19N5O2. The largest absolute Gasteiger partial charge is 0.484 e. The van der Waals surface area contributed by atoms with E-state index < -0.39 is 0 Å². The minimum atomic E-state index is -0.244. The summed E-state index contributed by atoms with van der Waals surface area (Å²) in [6.45, 7) is 2.14. The van der Waals surface area contributed by atoms with Gasteiger partial charge in [0.25, 0.3) is 5.91 Å². The van der Waals surface area contributed by atoms with E-state index in [2.05, 4.69) is 20.8 Å². The van der Waals surface area contributed by atoms with Gasteiger partial charge in [0.2, 0.25) is 0 Å². The third-order valence-corrected chi connectivity index (χ3v) is 4.35. The molecule has 0 saturated heterocycles. The lowest BCUT2D eigenvalue weighted by molar-refractivity contribution is -0.123. The Balaban J connectivity index is 1.34. The van der Waals surface area contributed by atoms with E-state index in [0.29, 0.717) is 11.6 Å². The van der Waals surface area contributed by atoms with Crippen LogP contribution in [0.3, 0.4) is 0 Å². The standard InChI is InChI=1S/C21H19N5O2/c1-15-6-9-18(10-7-15)26-20(23-24-25-26)13-22-21(27)14-28-19-11-8-16-4-2-3-5-17(16)12-19/h2-12H,13-14H2,1H3,(H,22,27). The fourth-order valence-corrected chi connectivity index (χ4v) is 2.84. The second-order valence-corrected chi connectivity index (χ2v) is 6.42. The number of nitrogens with one attached hydrogen (secondary N) is 1. The van der Waals surface area contributed by atoms with Gasteiger partial charge >= 0.3 is 0 Å². The first-order chi connectivity index (χ1) is 13.7. The second-order valence-electron chi connectivity index (χ2n) is 6.42. The summed E-state index contributed by atoms with van der Waals surface area (Å²) in [5.41, 5.74) is 1.99. The predicted octanol–water partition coefficient (Wildman–Crippen LogP) is 2.82. The number of aryl methyl sites for hydroxylation is 1. The van der Waals surface area contributed by atoms with Crippen LogP contribution >= 0.6 is 0 Å². The Morgan fingerprint density at radius 2 is 1.82 bits per heavy atom. The van der Waals surface area contributed by atoms with Crippen LogP contribution in [0.5, 0.6) is 5.75 Å². The molecule has 140 valence electrons. The van der Waals surface area contributed by atoms with Gasteiger partial charge in [0.1, 0.15) is 5.75 Å². The predicted molar refractivity (Wildman–Crippen MR) is 105 cm³/mol. The number of fused-ring (bicyclic) bond motifs is 1. The number of rotatable bonds is 6. The van der Waals surface area contributed by atoms with Crippen LogP contribution in [-0.2, 0) is 11.3 Å². The van der Waals surface area contributed by atoms with Crippen LogP contribution in [0, 0.1) is 6.92 Å². The summed E-state index contributed by atoms with van der Waals surface area (Å²) in [5.74, 6) is 0.952. The van der Waals surface area contributed by atoms with E-state index >= 15 is 0 Å². The zero-order valence-corrected chi connectivity index (χ0v) is 15.4. The number of benzene rings is 3. The molecular weight excluding hydrogens is 354 g/mol. The molecule has 28 heavy (non-hydrogen) atoms. The molecule has 0 unspecified atom stereocenters. The van der Waals surface area contributed by atoms with Gasteiger partial charge in [-0.25, -0.2) is 0 Å². The van der Waals surface area contributed by atoms with Gasteiger partial charge in [-0.1, -0.05) is 48.0 Å². The number of nitrogens with zero attached hydrogens (tertiary/aromatic N) is 4. The van der Waals surface area contributed by atoms with Gasteiger partial charge < -0.3 is 10.1 Å². The maximum absolute atomic E-state index is 12.2. The van der Waals surface area contributed by atoms with Gasteiger partial charge in [-0.2, -0.15) is 4.68 Å². The second kappa shape index (κ2) is 7.87. The minimum absolute atomic E-state index is 0.0789. The van der Waals surface area contributed by atoms with E-state index in [1.807, 2.05) is 73.7 Å². The lowest BCUT2D eigenvalue weighted by Crippen LogP contribution is -2.29. The van der Waals surface area contributed by atoms with Crippen molar-refractivity contribution in [1.82, 2.24) is 25.5 Å². The summed E-state index contributed by atoms with van der Waals surface area (Å²) in [4.78, 5) is 12.2. The van der Waals surface area contributed by atoms with E-state index in [4.69, 9.17) is 4.74 Å². The fraction of sp³-hybridized carbons (Fsp3) is 0.143. The average Bonchev–Trinajstić information content (AvgIpc) is 3.20. The molecule has 1 amide bonds. The zero-order valence-electron chi connectivity index (χ0n) is 15.4. The molecule has 0 atom stereocenters. The molecule has 0 saturated carbocycles. The van der Waals surface area contributed by atoms with Gasteiger partial charge in [0.15, 0.2) is 12.4 Å². The van der Waals surface area contributed by atoms with Crippen LogP contribution in [0.1, 0.15) is 11.4 Å². The summed E-state index contributed by atoms with van der Waals surface area (Å²) in [7, 11) is 0. The van der Waals surface area contributed by atoms with Crippen LogP contribution in [0.25, 0.3) is 16.5 Å². The molecule has 0 spiro atoms. The normalized spacial score (nSPS) is 10.8. The van der Waals surface area contributed by atoms with Crippen molar-refractivity contribution in [3.05, 3.63) is 78.1 Å². The number of hydrogen-bond acceptors (Lipinski definition) is 5. The van der Waals surface area contributed by atoms with Crippen molar-refractivity contribution in [1.29, 1.82) is 0 Å². The first kappa shape index (κ1) is 17.7. The molecule has 0 fully saturated rings. The Morgan fingerprint density at radius 1 is 1.04 bits per heavy atom. The van der Waals surface area contributed by atoms with Crippen LogP contribution in [0.2, 0.25) is 0 Å². The Morgan fingerprint density at radius 3 is 2.64 bits per heavy atom. The Bertz CT molecular complexity index is 1110. The molecule has 1 aromatic heterocycles. The average molecular weight is 373 g/mol. The number of ether oxygens (including phenoxy) is 1. The lowest BCUT2D eigenvalue weighted by atomic mass is 10.1. The van der Waals surface area contributed by atoms with Crippen molar-refractivity contribution in [2.45, 2.75) is 13.5 Å². The molecule has 3 aromatic carbocycles. The minimum Gasteiger partial charge on any atom is -0.484 e. The highest BCUT2D eigenvalue weighted by Crippen LogP contribution is 2.20. The van der Waals surface area contributed by atoms with Crippen LogP contribution in [0.15, 0.2) is 66.7 Å². The summed E-state index contributed by atoms with van der Waals surface area (Å²) >= 11 is 0. The molecule has 0 bridgehead atoms. The van der Waals surface area contributed by atoms with Crippen molar-refractivity contribution in [3.63, 3.8) is 0 Å². The molecule has 0 radical (unpaired) electrons. The molecule has 0 aliphatic carbocycles. The summed E-state index contributed by atoms with van der Waals surface area (Å²) in [5, 5.41) is 16.7. The molecule has 7 nitrogen and oxygen atoms in total. The van der Waals surface area contributed by atoms with E-state index in [1.165, 1.54) is 0 Å². The smallest absolute Gasteiger partial charge is 0.258 e. The maximum Gasteiger partial charge on any atom is 0.258 e. The third kappa shape index (κ3) is 3.98. The quantitative estimate of drug-likeness (QED) is 0.562. The highest BCUT2D eigenvalue weighted by atomic mass is 16.5. The Hall–Kier alpha value is -3.74. The molecule has 4 aromatic rings. The summed E-state index contributed by atoms with van der Waals surface area (Å²) in [6.07, 6.45) is 0. The van der Waals surface area contributed by atoms with Gasteiger partial charge in [-0.3, -0.25) is 4.79 Å². The van der Waals surface area contributed by atoms with Crippen LogP contribution in [0.4, 0.5) is 0 Å². The highest BCUT2D eigenvalue weighted by molar-refractivity contribution is 5.84. The lowest BCUT2D eigenvalue weighted by Gasteiger charge is -2.09. The number of amides is 1. The van der Waals surface area contributed by atoms with E-state index in [0.717, 1.165) is 22.0 Å². The van der Waals surface area contributed by atoms with E-state index in [1.54, 1.807) is 4.68 Å². The summed E-state index contributed by atoms with van der Waals surface area (Å²) < 4.78 is 7.20. The van der Waals surface area contributed by atoms with E-state index in [-0.39, 0.29) is 19.1 Å². The third-order valence-electron chi connectivity index (χ3n) is 4.35. The number of tetrazole rings is 1. The number of aromatic nitrogens is 4. The maximum atomic E-state index is 12.2. The first-order valence-electron chi connectivity index (χ1n) is 8.92. The van der Waals surface area contributed by atoms with Crippen LogP contribution < -0.4 is 10.1 Å². The van der Waals surface area contributed by atoms with Crippen molar-refractivity contribution in [3.8, 4) is 11.4 Å². The van der Waals surface area contributed by atoms with Gasteiger partial charge in [-0.15, -0.1) is 5.10 Å². The van der Waals surface area contributed by atoms with Crippen molar-refractivity contribution >= 4 is 16.7 Å². The number of hydrogen-bond donors (Lipinski definition) is 1. The van der Waals surface area contributed by atoms with Gasteiger partial charge in [-0.05, 0) is 52.4 Å². The van der Waals surface area contributed by atoms with Crippen molar-refractivity contribution < 1.29 is 9.53 Å². The molecule has 7 heteroatoms. The molecule has 4 rings (SSSR count). The Labute approximate surface area is 161 Å². The fourth-order valence-electron chi connectivity index (χ4n) is 2.84.